The lowest BCUT2D eigenvalue weighted by molar-refractivity contribution is 0.0695. The van der Waals surface area contributed by atoms with Gasteiger partial charge in [0, 0.05) is 44.5 Å². The molecule has 0 unspecified atom stereocenters. The van der Waals surface area contributed by atoms with Gasteiger partial charge in [-0.25, -0.2) is 9.97 Å². The summed E-state index contributed by atoms with van der Waals surface area (Å²) < 4.78 is 0. The van der Waals surface area contributed by atoms with Gasteiger partial charge in [0.05, 0.1) is 23.0 Å². The second-order valence-corrected chi connectivity index (χ2v) is 7.62. The molecule has 8 nitrogen and oxygen atoms in total. The first kappa shape index (κ1) is 18.6. The van der Waals surface area contributed by atoms with E-state index >= 15 is 0 Å². The van der Waals surface area contributed by atoms with Crippen molar-refractivity contribution < 1.29 is 9.59 Å². The Morgan fingerprint density at radius 2 is 1.71 bits per heavy atom. The van der Waals surface area contributed by atoms with Crippen LogP contribution in [0.4, 0.5) is 0 Å². The van der Waals surface area contributed by atoms with Crippen LogP contribution in [0.5, 0.6) is 0 Å². The van der Waals surface area contributed by atoms with E-state index in [2.05, 4.69) is 20.2 Å². The highest BCUT2D eigenvalue weighted by Gasteiger charge is 2.30. The number of aryl methyl sites for hydroxylation is 1. The number of likely N-dealkylation sites (tertiary alicyclic amines) is 2. The zero-order valence-corrected chi connectivity index (χ0v) is 16.2. The number of nitrogens with one attached hydrogen (secondary N) is 1. The van der Waals surface area contributed by atoms with Crippen molar-refractivity contribution in [3.05, 3.63) is 41.2 Å². The van der Waals surface area contributed by atoms with Crippen molar-refractivity contribution in [1.82, 2.24) is 30.0 Å². The Labute approximate surface area is 164 Å². The van der Waals surface area contributed by atoms with Gasteiger partial charge in [0.25, 0.3) is 11.8 Å². The average Bonchev–Trinajstić information content (AvgIpc) is 3.28. The van der Waals surface area contributed by atoms with E-state index in [1.54, 1.807) is 18.6 Å². The monoisotopic (exact) mass is 382 g/mol. The maximum atomic E-state index is 13.1. The highest BCUT2D eigenvalue weighted by molar-refractivity contribution is 5.95. The Kier molecular flexibility index (Phi) is 5.36. The highest BCUT2D eigenvalue weighted by atomic mass is 16.2. The number of hydrogen-bond acceptors (Lipinski definition) is 5. The molecule has 2 aromatic rings. The van der Waals surface area contributed by atoms with E-state index in [0.717, 1.165) is 44.5 Å². The molecule has 2 fully saturated rings. The van der Waals surface area contributed by atoms with Crippen molar-refractivity contribution in [3.8, 4) is 0 Å². The summed E-state index contributed by atoms with van der Waals surface area (Å²) in [5.74, 6) is 0.892. The van der Waals surface area contributed by atoms with Gasteiger partial charge in [-0.05, 0) is 39.0 Å². The number of amides is 2. The minimum Gasteiger partial charge on any atom is -0.339 e. The predicted octanol–water partition coefficient (Wildman–Crippen LogP) is 2.15. The summed E-state index contributed by atoms with van der Waals surface area (Å²) in [7, 11) is 0. The molecule has 0 radical (unpaired) electrons. The number of rotatable bonds is 3. The van der Waals surface area contributed by atoms with Crippen LogP contribution < -0.4 is 0 Å². The quantitative estimate of drug-likeness (QED) is 0.878. The third-order valence-corrected chi connectivity index (χ3v) is 5.73. The number of hydrogen-bond donors (Lipinski definition) is 1. The van der Waals surface area contributed by atoms with E-state index in [4.69, 9.17) is 0 Å². The molecule has 0 saturated carbocycles. The summed E-state index contributed by atoms with van der Waals surface area (Å²) in [6.07, 6.45) is 9.75. The Bertz CT molecular complexity index is 836. The van der Waals surface area contributed by atoms with Crippen molar-refractivity contribution >= 4 is 11.8 Å². The van der Waals surface area contributed by atoms with Gasteiger partial charge in [0.15, 0.2) is 0 Å². The van der Waals surface area contributed by atoms with Gasteiger partial charge in [0.2, 0.25) is 0 Å². The Balaban J connectivity index is 1.49. The van der Waals surface area contributed by atoms with Crippen LogP contribution in [0.15, 0.2) is 18.6 Å². The molecule has 8 heteroatoms. The second-order valence-electron chi connectivity index (χ2n) is 7.62. The number of carbonyl (C=O) groups excluding carboxylic acids is 2. The first-order valence-corrected chi connectivity index (χ1v) is 10.0. The van der Waals surface area contributed by atoms with E-state index in [9.17, 15) is 9.59 Å². The van der Waals surface area contributed by atoms with Gasteiger partial charge in [-0.2, -0.15) is 5.10 Å². The summed E-state index contributed by atoms with van der Waals surface area (Å²) in [5, 5.41) is 6.54. The summed E-state index contributed by atoms with van der Waals surface area (Å²) in [5.41, 5.74) is 2.06. The molecule has 0 bridgehead atoms. The zero-order valence-electron chi connectivity index (χ0n) is 16.2. The Morgan fingerprint density at radius 1 is 1.00 bits per heavy atom. The lowest BCUT2D eigenvalue weighted by Crippen LogP contribution is -2.39. The number of nitrogens with zero attached hydrogens (tertiary/aromatic N) is 5. The zero-order chi connectivity index (χ0) is 19.5. The van der Waals surface area contributed by atoms with Gasteiger partial charge in [-0.3, -0.25) is 14.7 Å². The Morgan fingerprint density at radius 3 is 2.39 bits per heavy atom. The molecule has 148 valence electrons. The second kappa shape index (κ2) is 8.08. The van der Waals surface area contributed by atoms with Crippen LogP contribution in [-0.4, -0.2) is 68.0 Å². The van der Waals surface area contributed by atoms with Crippen LogP contribution >= 0.6 is 0 Å². The maximum absolute atomic E-state index is 13.1. The molecule has 0 aliphatic carbocycles. The molecule has 28 heavy (non-hydrogen) atoms. The molecule has 4 rings (SSSR count). The highest BCUT2D eigenvalue weighted by Crippen LogP contribution is 2.30. The SMILES string of the molecule is Cc1ncc(C(=O)N2CCCCC2)c(C2CCN(C(=O)c3cn[nH]c3)CC2)n1. The van der Waals surface area contributed by atoms with Crippen LogP contribution in [0.25, 0.3) is 0 Å². The standard InChI is InChI=1S/C20H26N6O2/c1-14-21-13-17(20(28)25-7-3-2-4-8-25)18(24-14)15-5-9-26(10-6-15)19(27)16-11-22-23-12-16/h11-13,15H,2-10H2,1H3,(H,22,23). The topological polar surface area (TPSA) is 95.1 Å². The van der Waals surface area contributed by atoms with Gasteiger partial charge >= 0.3 is 0 Å². The molecule has 2 aliphatic rings. The van der Waals surface area contributed by atoms with Crippen LogP contribution in [0, 0.1) is 6.92 Å². The van der Waals surface area contributed by atoms with Gasteiger partial charge in [0.1, 0.15) is 5.82 Å². The van der Waals surface area contributed by atoms with Crippen LogP contribution in [0.2, 0.25) is 0 Å². The lowest BCUT2D eigenvalue weighted by Gasteiger charge is -2.33. The first-order valence-electron chi connectivity index (χ1n) is 10.0. The van der Waals surface area contributed by atoms with Crippen LogP contribution in [0.1, 0.15) is 70.3 Å². The molecular formula is C20H26N6O2. The van der Waals surface area contributed by atoms with Crippen molar-refractivity contribution in [3.63, 3.8) is 0 Å². The fraction of sp³-hybridized carbons (Fsp3) is 0.550. The van der Waals surface area contributed by atoms with E-state index < -0.39 is 0 Å². The third-order valence-electron chi connectivity index (χ3n) is 5.73. The number of aromatic nitrogens is 4. The van der Waals surface area contributed by atoms with Crippen molar-refractivity contribution in [2.75, 3.05) is 26.2 Å². The molecule has 2 amide bonds. The van der Waals surface area contributed by atoms with Crippen LogP contribution in [-0.2, 0) is 0 Å². The summed E-state index contributed by atoms with van der Waals surface area (Å²) >= 11 is 0. The lowest BCUT2D eigenvalue weighted by atomic mass is 9.90. The van der Waals surface area contributed by atoms with E-state index in [-0.39, 0.29) is 17.7 Å². The fourth-order valence-corrected chi connectivity index (χ4v) is 4.14. The molecular weight excluding hydrogens is 356 g/mol. The minimum absolute atomic E-state index is 0.00400. The molecule has 0 atom stereocenters. The van der Waals surface area contributed by atoms with Crippen molar-refractivity contribution in [1.29, 1.82) is 0 Å². The average molecular weight is 382 g/mol. The summed E-state index contributed by atoms with van der Waals surface area (Å²) in [6.45, 7) is 4.77. The van der Waals surface area contributed by atoms with E-state index in [1.807, 2.05) is 16.7 Å². The number of H-pyrrole nitrogens is 1. The molecule has 2 aliphatic heterocycles. The third kappa shape index (κ3) is 3.76. The summed E-state index contributed by atoms with van der Waals surface area (Å²) in [6, 6.07) is 0. The molecule has 0 spiro atoms. The largest absolute Gasteiger partial charge is 0.339 e. The fourth-order valence-electron chi connectivity index (χ4n) is 4.14. The molecule has 1 N–H and O–H groups in total. The predicted molar refractivity (Wildman–Crippen MR) is 103 cm³/mol. The normalized spacial score (nSPS) is 18.3. The molecule has 4 heterocycles. The summed E-state index contributed by atoms with van der Waals surface area (Å²) in [4.78, 5) is 38.3. The van der Waals surface area contributed by atoms with Crippen molar-refractivity contribution in [2.45, 2.75) is 44.9 Å². The maximum Gasteiger partial charge on any atom is 0.257 e. The molecule has 0 aromatic carbocycles. The van der Waals surface area contributed by atoms with Crippen LogP contribution in [0.3, 0.4) is 0 Å². The number of carbonyl (C=O) groups is 2. The Hall–Kier alpha value is -2.77. The van der Waals surface area contributed by atoms with Gasteiger partial charge in [-0.15, -0.1) is 0 Å². The number of piperidine rings is 2. The molecule has 2 aromatic heterocycles. The van der Waals surface area contributed by atoms with E-state index in [0.29, 0.717) is 30.0 Å². The minimum atomic E-state index is -0.00400. The molecule has 2 saturated heterocycles. The number of aromatic amines is 1. The van der Waals surface area contributed by atoms with E-state index in [1.165, 1.54) is 6.42 Å². The van der Waals surface area contributed by atoms with Gasteiger partial charge in [-0.1, -0.05) is 0 Å². The van der Waals surface area contributed by atoms with Crippen molar-refractivity contribution in [2.24, 2.45) is 0 Å². The first-order chi connectivity index (χ1) is 13.6. The smallest absolute Gasteiger partial charge is 0.257 e. The van der Waals surface area contributed by atoms with Gasteiger partial charge < -0.3 is 9.80 Å².